The second kappa shape index (κ2) is 2.65. The van der Waals surface area contributed by atoms with Crippen molar-refractivity contribution < 1.29 is 14.2 Å². The van der Waals surface area contributed by atoms with Crippen LogP contribution >= 0.6 is 7.37 Å². The van der Waals surface area contributed by atoms with Gasteiger partial charge in [0.15, 0.2) is 0 Å². The Morgan fingerprint density at radius 3 is 2.60 bits per heavy atom. The number of hydrogen-bond donors (Lipinski definition) is 1. The maximum atomic E-state index is 11.2. The van der Waals surface area contributed by atoms with Crippen LogP contribution in [0.25, 0.3) is 0 Å². The molecular weight excluding hydrogens is 151 g/mol. The van der Waals surface area contributed by atoms with Crippen LogP contribution in [0, 0.1) is 0 Å². The van der Waals surface area contributed by atoms with E-state index in [2.05, 4.69) is 0 Å². The maximum Gasteiger partial charge on any atom is 0.205 e. The molecule has 0 spiro atoms. The summed E-state index contributed by atoms with van der Waals surface area (Å²) in [4.78, 5) is 9.28. The summed E-state index contributed by atoms with van der Waals surface area (Å²) in [7, 11) is -2.88. The first-order valence-electron chi connectivity index (χ1n) is 3.45. The smallest absolute Gasteiger partial charge is 0.205 e. The third-order valence-corrected chi connectivity index (χ3v) is 4.22. The van der Waals surface area contributed by atoms with E-state index in [0.29, 0.717) is 12.8 Å². The molecule has 0 saturated carbocycles. The minimum Gasteiger partial charge on any atom is -0.373 e. The molecule has 0 bridgehead atoms. The van der Waals surface area contributed by atoms with E-state index in [1.807, 2.05) is 0 Å². The highest BCUT2D eigenvalue weighted by molar-refractivity contribution is 7.58. The predicted octanol–water partition coefficient (Wildman–Crippen LogP) is 1.06. The molecule has 1 aliphatic heterocycles. The Hall–Kier alpha value is 0.150. The van der Waals surface area contributed by atoms with Crippen molar-refractivity contribution in [3.05, 3.63) is 0 Å². The number of epoxide rings is 1. The van der Waals surface area contributed by atoms with Crippen LogP contribution < -0.4 is 0 Å². The molecule has 60 valence electrons. The van der Waals surface area contributed by atoms with E-state index < -0.39 is 7.37 Å². The van der Waals surface area contributed by atoms with Crippen molar-refractivity contribution in [2.45, 2.75) is 25.6 Å². The number of rotatable bonds is 3. The second-order valence-electron chi connectivity index (χ2n) is 2.99. The molecule has 4 heteroatoms. The van der Waals surface area contributed by atoms with Crippen molar-refractivity contribution in [1.82, 2.24) is 0 Å². The quantitative estimate of drug-likeness (QED) is 0.501. The Kier molecular flexibility index (Phi) is 2.18. The summed E-state index contributed by atoms with van der Waals surface area (Å²) in [6, 6.07) is 0. The maximum absolute atomic E-state index is 11.2. The van der Waals surface area contributed by atoms with Crippen LogP contribution in [0.4, 0.5) is 0 Å². The second-order valence-corrected chi connectivity index (χ2v) is 5.90. The Bertz CT molecular complexity index is 162. The molecule has 1 fully saturated rings. The largest absolute Gasteiger partial charge is 0.373 e. The molecule has 0 aliphatic carbocycles. The summed E-state index contributed by atoms with van der Waals surface area (Å²) in [6.45, 7) is 4.20. The average Bonchev–Trinajstić information content (AvgIpc) is 2.48. The lowest BCUT2D eigenvalue weighted by Gasteiger charge is -2.12. The number of ether oxygens (including phenoxy) is 1. The summed E-state index contributed by atoms with van der Waals surface area (Å²) in [5.74, 6) is 0. The van der Waals surface area contributed by atoms with Gasteiger partial charge in [-0.2, -0.15) is 0 Å². The molecule has 1 N–H and O–H groups in total. The normalized spacial score (nSPS) is 30.2. The molecule has 1 saturated heterocycles. The van der Waals surface area contributed by atoms with Crippen molar-refractivity contribution >= 4 is 7.37 Å². The lowest BCUT2D eigenvalue weighted by atomic mass is 10.6. The Morgan fingerprint density at radius 1 is 1.80 bits per heavy atom. The first-order chi connectivity index (χ1) is 4.52. The molecule has 0 aromatic rings. The molecule has 1 heterocycles. The van der Waals surface area contributed by atoms with Crippen molar-refractivity contribution in [1.29, 1.82) is 0 Å². The molecule has 2 unspecified atom stereocenters. The van der Waals surface area contributed by atoms with Crippen molar-refractivity contribution in [3.63, 3.8) is 0 Å². The molecule has 3 nitrogen and oxygen atoms in total. The van der Waals surface area contributed by atoms with Gasteiger partial charge < -0.3 is 9.63 Å². The molecule has 10 heavy (non-hydrogen) atoms. The van der Waals surface area contributed by atoms with Crippen molar-refractivity contribution in [3.8, 4) is 0 Å². The van der Waals surface area contributed by atoms with Gasteiger partial charge in [0.05, 0.1) is 18.9 Å². The van der Waals surface area contributed by atoms with Crippen LogP contribution in [0.5, 0.6) is 0 Å². The van der Waals surface area contributed by atoms with Gasteiger partial charge in [-0.05, 0) is 0 Å². The minimum atomic E-state index is -2.88. The van der Waals surface area contributed by atoms with Gasteiger partial charge in [-0.15, -0.1) is 0 Å². The van der Waals surface area contributed by atoms with Gasteiger partial charge in [0.1, 0.15) is 0 Å². The van der Waals surface area contributed by atoms with Crippen LogP contribution in [-0.4, -0.2) is 29.4 Å². The molecule has 0 aromatic carbocycles. The van der Waals surface area contributed by atoms with Crippen molar-refractivity contribution in [2.24, 2.45) is 0 Å². The molecule has 0 aromatic heterocycles. The summed E-state index contributed by atoms with van der Waals surface area (Å²) in [5, 5.41) is 0. The van der Waals surface area contributed by atoms with Gasteiger partial charge in [-0.3, -0.25) is 4.57 Å². The zero-order valence-electron chi connectivity index (χ0n) is 6.28. The van der Waals surface area contributed by atoms with Crippen LogP contribution in [0.3, 0.4) is 0 Å². The van der Waals surface area contributed by atoms with Gasteiger partial charge in [0.25, 0.3) is 0 Å². The standard InChI is InChI=1S/C6H13O3P/c1-5(2)10(7,8)4-6-3-9-6/h5-6H,3-4H2,1-2H3,(H,7,8). The van der Waals surface area contributed by atoms with Gasteiger partial charge in [-0.25, -0.2) is 0 Å². The van der Waals surface area contributed by atoms with E-state index in [0.717, 1.165) is 0 Å². The Balaban J connectivity index is 2.41. The highest BCUT2D eigenvalue weighted by atomic mass is 31.2. The van der Waals surface area contributed by atoms with Crippen LogP contribution in [-0.2, 0) is 9.30 Å². The molecule has 0 radical (unpaired) electrons. The Morgan fingerprint density at radius 2 is 2.30 bits per heavy atom. The zero-order valence-corrected chi connectivity index (χ0v) is 7.17. The molecular formula is C6H13O3P. The van der Waals surface area contributed by atoms with Crippen LogP contribution in [0.2, 0.25) is 0 Å². The lowest BCUT2D eigenvalue weighted by molar-refractivity contribution is 0.409. The van der Waals surface area contributed by atoms with Gasteiger partial charge in [-0.1, -0.05) is 13.8 Å². The molecule has 1 rings (SSSR count). The number of hydrogen-bond acceptors (Lipinski definition) is 2. The van der Waals surface area contributed by atoms with E-state index in [-0.39, 0.29) is 11.8 Å². The van der Waals surface area contributed by atoms with Crippen LogP contribution in [0.15, 0.2) is 0 Å². The van der Waals surface area contributed by atoms with E-state index in [9.17, 15) is 9.46 Å². The fourth-order valence-corrected chi connectivity index (χ4v) is 1.89. The van der Waals surface area contributed by atoms with E-state index >= 15 is 0 Å². The first-order valence-corrected chi connectivity index (χ1v) is 5.37. The average molecular weight is 164 g/mol. The van der Waals surface area contributed by atoms with Gasteiger partial charge >= 0.3 is 0 Å². The fraction of sp³-hybridized carbons (Fsp3) is 1.00. The van der Waals surface area contributed by atoms with E-state index in [1.165, 1.54) is 0 Å². The third kappa shape index (κ3) is 2.08. The predicted molar refractivity (Wildman–Crippen MR) is 39.6 cm³/mol. The Labute approximate surface area is 60.8 Å². The summed E-state index contributed by atoms with van der Waals surface area (Å²) in [5.41, 5.74) is -0.128. The van der Waals surface area contributed by atoms with E-state index in [4.69, 9.17) is 4.74 Å². The molecule has 0 amide bonds. The highest BCUT2D eigenvalue weighted by Gasteiger charge is 2.34. The summed E-state index contributed by atoms with van der Waals surface area (Å²) < 4.78 is 16.1. The topological polar surface area (TPSA) is 49.8 Å². The highest BCUT2D eigenvalue weighted by Crippen LogP contribution is 2.48. The fourth-order valence-electron chi connectivity index (χ4n) is 0.676. The lowest BCUT2D eigenvalue weighted by Crippen LogP contribution is -2.05. The summed E-state index contributed by atoms with van der Waals surface area (Å²) >= 11 is 0. The third-order valence-electron chi connectivity index (χ3n) is 1.67. The SMILES string of the molecule is CC(C)P(=O)(O)CC1CO1. The monoisotopic (exact) mass is 164 g/mol. The zero-order chi connectivity index (χ0) is 7.78. The van der Waals surface area contributed by atoms with Crippen molar-refractivity contribution in [2.75, 3.05) is 12.8 Å². The first kappa shape index (κ1) is 8.25. The van der Waals surface area contributed by atoms with Gasteiger partial charge in [0, 0.05) is 5.66 Å². The molecule has 1 aliphatic rings. The molecule has 2 atom stereocenters. The van der Waals surface area contributed by atoms with Gasteiger partial charge in [0.2, 0.25) is 7.37 Å². The summed E-state index contributed by atoms with van der Waals surface area (Å²) in [6.07, 6.45) is 0.406. The minimum absolute atomic E-state index is 0.0678. The van der Waals surface area contributed by atoms with E-state index in [1.54, 1.807) is 13.8 Å². The van der Waals surface area contributed by atoms with Crippen LogP contribution in [0.1, 0.15) is 13.8 Å².